The normalized spacial score (nSPS) is 10.1. The highest BCUT2D eigenvalue weighted by Crippen LogP contribution is 2.25. The van der Waals surface area contributed by atoms with Crippen LogP contribution in [0.15, 0.2) is 42.5 Å². The van der Waals surface area contributed by atoms with Crippen LogP contribution >= 0.6 is 0 Å². The fraction of sp³-hybridized carbons (Fsp3) is 0.286. The van der Waals surface area contributed by atoms with Gasteiger partial charge in [-0.15, -0.1) is 0 Å². The minimum atomic E-state index is -0.218. The summed E-state index contributed by atoms with van der Waals surface area (Å²) in [7, 11) is 1.54. The molecule has 0 radical (unpaired) electrons. The summed E-state index contributed by atoms with van der Waals surface area (Å²) in [6.45, 7) is 5.03. The highest BCUT2D eigenvalue weighted by molar-refractivity contribution is 5.96. The van der Waals surface area contributed by atoms with Crippen LogP contribution < -0.4 is 20.3 Å². The van der Waals surface area contributed by atoms with Gasteiger partial charge in [-0.3, -0.25) is 14.4 Å². The molecular weight excluding hydrogens is 358 g/mol. The number of hydrogen-bond acceptors (Lipinski definition) is 4. The van der Waals surface area contributed by atoms with Gasteiger partial charge in [0, 0.05) is 38.2 Å². The first kappa shape index (κ1) is 21.0. The molecule has 2 aromatic carbocycles. The van der Waals surface area contributed by atoms with Crippen LogP contribution in [0.5, 0.6) is 5.75 Å². The van der Waals surface area contributed by atoms with Crippen molar-refractivity contribution in [2.45, 2.75) is 27.2 Å². The maximum absolute atomic E-state index is 12.4. The maximum Gasteiger partial charge on any atom is 0.226 e. The number of nitrogens with zero attached hydrogens (tertiary/aromatic N) is 1. The average Bonchev–Trinajstić information content (AvgIpc) is 2.62. The number of aryl methyl sites for hydroxylation is 1. The zero-order chi connectivity index (χ0) is 20.7. The number of hydrogen-bond donors (Lipinski definition) is 2. The van der Waals surface area contributed by atoms with Gasteiger partial charge in [-0.25, -0.2) is 0 Å². The Morgan fingerprint density at radius 3 is 2.25 bits per heavy atom. The number of carbonyl (C=O) groups excluding carboxylic acids is 3. The molecular formula is C21H25N3O4. The lowest BCUT2D eigenvalue weighted by Crippen LogP contribution is -2.32. The number of benzene rings is 2. The van der Waals surface area contributed by atoms with Crippen molar-refractivity contribution in [2.24, 2.45) is 0 Å². The molecule has 0 spiro atoms. The van der Waals surface area contributed by atoms with E-state index in [0.717, 1.165) is 5.56 Å². The third-order valence-electron chi connectivity index (χ3n) is 4.07. The Balaban J connectivity index is 2.03. The van der Waals surface area contributed by atoms with Gasteiger partial charge in [0.2, 0.25) is 17.7 Å². The summed E-state index contributed by atoms with van der Waals surface area (Å²) in [5.74, 6) is 0.0218. The van der Waals surface area contributed by atoms with Gasteiger partial charge in [-0.1, -0.05) is 6.07 Å². The Hall–Kier alpha value is -3.35. The molecule has 0 atom stereocenters. The Morgan fingerprint density at radius 1 is 1.00 bits per heavy atom. The topological polar surface area (TPSA) is 87.7 Å². The van der Waals surface area contributed by atoms with E-state index in [1.54, 1.807) is 37.4 Å². The first-order valence-corrected chi connectivity index (χ1v) is 8.90. The molecule has 3 amide bonds. The van der Waals surface area contributed by atoms with E-state index < -0.39 is 0 Å². The lowest BCUT2D eigenvalue weighted by molar-refractivity contribution is -0.117. The largest absolute Gasteiger partial charge is 0.495 e. The van der Waals surface area contributed by atoms with E-state index >= 15 is 0 Å². The zero-order valence-electron chi connectivity index (χ0n) is 16.5. The highest BCUT2D eigenvalue weighted by Gasteiger charge is 2.15. The molecule has 7 nitrogen and oxygen atoms in total. The first-order valence-electron chi connectivity index (χ1n) is 8.90. The van der Waals surface area contributed by atoms with Crippen LogP contribution in [0, 0.1) is 6.92 Å². The molecule has 148 valence electrons. The Labute approximate surface area is 164 Å². The predicted octanol–water partition coefficient (Wildman–Crippen LogP) is 3.34. The van der Waals surface area contributed by atoms with E-state index in [2.05, 4.69) is 10.6 Å². The van der Waals surface area contributed by atoms with Gasteiger partial charge in [0.1, 0.15) is 5.75 Å². The summed E-state index contributed by atoms with van der Waals surface area (Å²) < 4.78 is 5.26. The number of amides is 3. The lowest BCUT2D eigenvalue weighted by atomic mass is 10.2. The van der Waals surface area contributed by atoms with Gasteiger partial charge in [0.05, 0.1) is 12.8 Å². The fourth-order valence-corrected chi connectivity index (χ4v) is 2.74. The molecule has 2 N–H and O–H groups in total. The number of carbonyl (C=O) groups is 3. The minimum absolute atomic E-state index is 0.129. The second kappa shape index (κ2) is 9.55. The number of nitrogens with one attached hydrogen (secondary N) is 2. The van der Waals surface area contributed by atoms with E-state index in [4.69, 9.17) is 4.74 Å². The molecule has 0 unspecified atom stereocenters. The smallest absolute Gasteiger partial charge is 0.226 e. The second-order valence-corrected chi connectivity index (χ2v) is 6.40. The fourth-order valence-electron chi connectivity index (χ4n) is 2.74. The SMILES string of the molecule is COc1ccc(C)cc1NC(=O)CCN(C(C)=O)c1ccc(NC(C)=O)cc1. The molecule has 0 aromatic heterocycles. The molecule has 0 aliphatic rings. The molecule has 0 aliphatic carbocycles. The van der Waals surface area contributed by atoms with Gasteiger partial charge >= 0.3 is 0 Å². The van der Waals surface area contributed by atoms with E-state index in [0.29, 0.717) is 22.8 Å². The summed E-state index contributed by atoms with van der Waals surface area (Å²) in [5.41, 5.74) is 2.90. The Kier molecular flexibility index (Phi) is 7.14. The van der Waals surface area contributed by atoms with E-state index in [1.165, 1.54) is 18.7 Å². The van der Waals surface area contributed by atoms with Gasteiger partial charge < -0.3 is 20.3 Å². The van der Waals surface area contributed by atoms with Crippen molar-refractivity contribution in [2.75, 3.05) is 29.2 Å². The standard InChI is InChI=1S/C21H25N3O4/c1-14-5-10-20(28-4)19(13-14)23-21(27)11-12-24(16(3)26)18-8-6-17(7-9-18)22-15(2)25/h5-10,13H,11-12H2,1-4H3,(H,22,25)(H,23,27). The minimum Gasteiger partial charge on any atom is -0.495 e. The van der Waals surface area contributed by atoms with Gasteiger partial charge in [0.25, 0.3) is 0 Å². The van der Waals surface area contributed by atoms with Crippen LogP contribution in [0.2, 0.25) is 0 Å². The van der Waals surface area contributed by atoms with Crippen LogP contribution in [0.1, 0.15) is 25.8 Å². The van der Waals surface area contributed by atoms with E-state index in [9.17, 15) is 14.4 Å². The summed E-state index contributed by atoms with van der Waals surface area (Å²) in [6.07, 6.45) is 0.129. The number of ether oxygens (including phenoxy) is 1. The number of rotatable bonds is 7. The molecule has 7 heteroatoms. The quantitative estimate of drug-likeness (QED) is 0.768. The third-order valence-corrected chi connectivity index (χ3v) is 4.07. The van der Waals surface area contributed by atoms with Gasteiger partial charge in [0.15, 0.2) is 0 Å². The molecule has 2 aromatic rings. The van der Waals surface area contributed by atoms with Crippen molar-refractivity contribution in [3.8, 4) is 5.75 Å². The molecule has 0 aliphatic heterocycles. The van der Waals surface area contributed by atoms with Gasteiger partial charge in [-0.05, 0) is 48.9 Å². The summed E-state index contributed by atoms with van der Waals surface area (Å²) >= 11 is 0. The Bertz CT molecular complexity index is 862. The zero-order valence-corrected chi connectivity index (χ0v) is 16.5. The Morgan fingerprint density at radius 2 is 1.68 bits per heavy atom. The first-order chi connectivity index (χ1) is 13.3. The highest BCUT2D eigenvalue weighted by atomic mass is 16.5. The van der Waals surface area contributed by atoms with Crippen LogP contribution in [0.25, 0.3) is 0 Å². The lowest BCUT2D eigenvalue weighted by Gasteiger charge is -2.21. The molecule has 0 bridgehead atoms. The molecule has 2 rings (SSSR count). The maximum atomic E-state index is 12.4. The van der Waals surface area contributed by atoms with E-state index in [-0.39, 0.29) is 30.7 Å². The van der Waals surface area contributed by atoms with Crippen molar-refractivity contribution in [3.63, 3.8) is 0 Å². The van der Waals surface area contributed by atoms with Crippen molar-refractivity contribution in [1.29, 1.82) is 0 Å². The third kappa shape index (κ3) is 5.84. The van der Waals surface area contributed by atoms with Gasteiger partial charge in [-0.2, -0.15) is 0 Å². The second-order valence-electron chi connectivity index (χ2n) is 6.40. The van der Waals surface area contributed by atoms with Crippen molar-refractivity contribution in [3.05, 3.63) is 48.0 Å². The van der Waals surface area contributed by atoms with Crippen molar-refractivity contribution in [1.82, 2.24) is 0 Å². The molecule has 28 heavy (non-hydrogen) atoms. The summed E-state index contributed by atoms with van der Waals surface area (Å²) in [4.78, 5) is 37.0. The molecule has 0 fully saturated rings. The summed E-state index contributed by atoms with van der Waals surface area (Å²) in [6, 6.07) is 12.4. The van der Waals surface area contributed by atoms with Crippen LogP contribution in [-0.4, -0.2) is 31.4 Å². The monoisotopic (exact) mass is 383 g/mol. The predicted molar refractivity (Wildman–Crippen MR) is 110 cm³/mol. The number of anilines is 3. The van der Waals surface area contributed by atoms with Crippen molar-refractivity contribution < 1.29 is 19.1 Å². The van der Waals surface area contributed by atoms with Crippen LogP contribution in [0.4, 0.5) is 17.1 Å². The van der Waals surface area contributed by atoms with E-state index in [1.807, 2.05) is 19.1 Å². The van der Waals surface area contributed by atoms with Crippen LogP contribution in [-0.2, 0) is 14.4 Å². The average molecular weight is 383 g/mol. The molecule has 0 heterocycles. The number of methoxy groups -OCH3 is 1. The molecule has 0 saturated heterocycles. The molecule has 0 saturated carbocycles. The van der Waals surface area contributed by atoms with Crippen molar-refractivity contribution >= 4 is 34.8 Å². The van der Waals surface area contributed by atoms with Crippen LogP contribution in [0.3, 0.4) is 0 Å². The summed E-state index contributed by atoms with van der Waals surface area (Å²) in [5, 5.41) is 5.50.